The van der Waals surface area contributed by atoms with Gasteiger partial charge in [0.05, 0.1) is 15.7 Å². The van der Waals surface area contributed by atoms with E-state index in [2.05, 4.69) is 10.6 Å². The Balaban J connectivity index is 1.81. The van der Waals surface area contributed by atoms with Crippen molar-refractivity contribution in [1.82, 2.24) is 0 Å². The van der Waals surface area contributed by atoms with E-state index >= 15 is 0 Å². The van der Waals surface area contributed by atoms with Crippen molar-refractivity contribution >= 4 is 34.6 Å². The lowest BCUT2D eigenvalue weighted by molar-refractivity contribution is 0.628. The molecule has 0 aliphatic heterocycles. The first-order chi connectivity index (χ1) is 9.16. The molecule has 0 spiro atoms. The van der Waals surface area contributed by atoms with Crippen molar-refractivity contribution in [2.24, 2.45) is 0 Å². The second-order valence-electron chi connectivity index (χ2n) is 3.96. The molecule has 100 valence electrons. The highest BCUT2D eigenvalue weighted by molar-refractivity contribution is 6.43. The van der Waals surface area contributed by atoms with E-state index in [1.165, 1.54) is 12.1 Å². The Bertz CT molecular complexity index is 544. The highest BCUT2D eigenvalue weighted by Gasteiger charge is 2.02. The van der Waals surface area contributed by atoms with Crippen LogP contribution in [-0.2, 0) is 0 Å². The average molecular weight is 299 g/mol. The molecule has 2 aromatic carbocycles. The molecule has 0 amide bonds. The minimum atomic E-state index is -0.241. The molecule has 2 rings (SSSR count). The van der Waals surface area contributed by atoms with Crippen LogP contribution in [0.2, 0.25) is 10.0 Å². The maximum atomic E-state index is 12.7. The van der Waals surface area contributed by atoms with Crippen LogP contribution in [0.1, 0.15) is 0 Å². The van der Waals surface area contributed by atoms with Crippen molar-refractivity contribution in [2.75, 3.05) is 23.7 Å². The van der Waals surface area contributed by atoms with Crippen LogP contribution in [0.4, 0.5) is 15.8 Å². The normalized spacial score (nSPS) is 10.3. The molecule has 2 aromatic rings. The molecule has 0 aliphatic carbocycles. The summed E-state index contributed by atoms with van der Waals surface area (Å²) in [5.41, 5.74) is 1.68. The second kappa shape index (κ2) is 6.64. The van der Waals surface area contributed by atoms with E-state index in [0.29, 0.717) is 23.1 Å². The van der Waals surface area contributed by atoms with E-state index in [9.17, 15) is 4.39 Å². The number of nitrogens with one attached hydrogen (secondary N) is 2. The van der Waals surface area contributed by atoms with Crippen molar-refractivity contribution in [2.45, 2.75) is 0 Å². The van der Waals surface area contributed by atoms with E-state index in [-0.39, 0.29) is 5.82 Å². The summed E-state index contributed by atoms with van der Waals surface area (Å²) < 4.78 is 12.7. The zero-order chi connectivity index (χ0) is 13.7. The van der Waals surface area contributed by atoms with Crippen LogP contribution in [0.5, 0.6) is 0 Å². The van der Waals surface area contributed by atoms with Gasteiger partial charge in [-0.15, -0.1) is 0 Å². The van der Waals surface area contributed by atoms with E-state index in [1.54, 1.807) is 18.2 Å². The fourth-order valence-electron chi connectivity index (χ4n) is 1.61. The Morgan fingerprint density at radius 2 is 1.58 bits per heavy atom. The Kier molecular flexibility index (Phi) is 4.88. The predicted molar refractivity (Wildman–Crippen MR) is 79.8 cm³/mol. The molecular weight excluding hydrogens is 286 g/mol. The van der Waals surface area contributed by atoms with Crippen molar-refractivity contribution in [3.63, 3.8) is 0 Å². The molecular formula is C14H13Cl2FN2. The summed E-state index contributed by atoms with van der Waals surface area (Å²) in [7, 11) is 0. The van der Waals surface area contributed by atoms with Gasteiger partial charge in [-0.25, -0.2) is 4.39 Å². The topological polar surface area (TPSA) is 24.1 Å². The second-order valence-corrected chi connectivity index (χ2v) is 4.75. The maximum absolute atomic E-state index is 12.7. The average Bonchev–Trinajstić information content (AvgIpc) is 2.41. The quantitative estimate of drug-likeness (QED) is 0.785. The molecule has 5 heteroatoms. The van der Waals surface area contributed by atoms with Crippen molar-refractivity contribution in [3.05, 3.63) is 58.3 Å². The largest absolute Gasteiger partial charge is 0.383 e. The van der Waals surface area contributed by atoms with Gasteiger partial charge in [0.2, 0.25) is 0 Å². The van der Waals surface area contributed by atoms with Gasteiger partial charge in [-0.05, 0) is 36.4 Å². The van der Waals surface area contributed by atoms with Gasteiger partial charge in [-0.1, -0.05) is 29.3 Å². The first-order valence-electron chi connectivity index (χ1n) is 5.84. The lowest BCUT2D eigenvalue weighted by Crippen LogP contribution is -2.13. The third-order valence-electron chi connectivity index (χ3n) is 2.57. The van der Waals surface area contributed by atoms with Crippen molar-refractivity contribution < 1.29 is 4.39 Å². The summed E-state index contributed by atoms with van der Waals surface area (Å²) in [5.74, 6) is -0.241. The third kappa shape index (κ3) is 4.01. The van der Waals surface area contributed by atoms with Crippen LogP contribution in [-0.4, -0.2) is 13.1 Å². The maximum Gasteiger partial charge on any atom is 0.123 e. The molecule has 0 fully saturated rings. The van der Waals surface area contributed by atoms with Gasteiger partial charge in [0, 0.05) is 18.8 Å². The molecule has 0 saturated heterocycles. The molecule has 19 heavy (non-hydrogen) atoms. The van der Waals surface area contributed by atoms with Gasteiger partial charge in [0.25, 0.3) is 0 Å². The van der Waals surface area contributed by atoms with Gasteiger partial charge >= 0.3 is 0 Å². The smallest absolute Gasteiger partial charge is 0.123 e. The predicted octanol–water partition coefficient (Wildman–Crippen LogP) is 4.66. The van der Waals surface area contributed by atoms with E-state index in [1.807, 2.05) is 12.1 Å². The first kappa shape index (κ1) is 14.0. The summed E-state index contributed by atoms with van der Waals surface area (Å²) in [4.78, 5) is 0. The highest BCUT2D eigenvalue weighted by atomic mass is 35.5. The van der Waals surface area contributed by atoms with Crippen LogP contribution in [0.25, 0.3) is 0 Å². The van der Waals surface area contributed by atoms with Gasteiger partial charge in [0.15, 0.2) is 0 Å². The van der Waals surface area contributed by atoms with Crippen LogP contribution in [0.3, 0.4) is 0 Å². The Labute approximate surface area is 121 Å². The Hall–Kier alpha value is -1.45. The number of rotatable bonds is 5. The molecule has 0 unspecified atom stereocenters. The van der Waals surface area contributed by atoms with E-state index < -0.39 is 0 Å². The van der Waals surface area contributed by atoms with Gasteiger partial charge in [0.1, 0.15) is 5.82 Å². The van der Waals surface area contributed by atoms with Gasteiger partial charge in [-0.3, -0.25) is 0 Å². The molecule has 2 N–H and O–H groups in total. The standard InChI is InChI=1S/C14H13Cl2FN2/c15-12-2-1-3-13(14(12)16)19-9-8-18-11-6-4-10(17)5-7-11/h1-7,18-19H,8-9H2. The SMILES string of the molecule is Fc1ccc(NCCNc2cccc(Cl)c2Cl)cc1. The molecule has 0 atom stereocenters. The fraction of sp³-hybridized carbons (Fsp3) is 0.143. The van der Waals surface area contributed by atoms with Gasteiger partial charge < -0.3 is 10.6 Å². The Morgan fingerprint density at radius 1 is 0.895 bits per heavy atom. The molecule has 0 aliphatic rings. The van der Waals surface area contributed by atoms with E-state index in [0.717, 1.165) is 11.4 Å². The summed E-state index contributed by atoms with van der Waals surface area (Å²) in [6.45, 7) is 1.37. The van der Waals surface area contributed by atoms with Crippen molar-refractivity contribution in [3.8, 4) is 0 Å². The molecule has 0 radical (unpaired) electrons. The molecule has 0 heterocycles. The van der Waals surface area contributed by atoms with Crippen LogP contribution < -0.4 is 10.6 Å². The summed E-state index contributed by atoms with van der Waals surface area (Å²) in [6.07, 6.45) is 0. The lowest BCUT2D eigenvalue weighted by Gasteiger charge is -2.10. The molecule has 0 saturated carbocycles. The fourth-order valence-corrected chi connectivity index (χ4v) is 1.98. The van der Waals surface area contributed by atoms with Gasteiger partial charge in [-0.2, -0.15) is 0 Å². The summed E-state index contributed by atoms with van der Waals surface area (Å²) >= 11 is 12.0. The zero-order valence-electron chi connectivity index (χ0n) is 10.1. The number of hydrogen-bond acceptors (Lipinski definition) is 2. The number of halogens is 3. The number of anilines is 2. The molecule has 0 bridgehead atoms. The number of hydrogen-bond donors (Lipinski definition) is 2. The minimum absolute atomic E-state index is 0.241. The van der Waals surface area contributed by atoms with Crippen LogP contribution in [0.15, 0.2) is 42.5 Å². The number of benzene rings is 2. The highest BCUT2D eigenvalue weighted by Crippen LogP contribution is 2.29. The molecule has 2 nitrogen and oxygen atoms in total. The minimum Gasteiger partial charge on any atom is -0.383 e. The Morgan fingerprint density at radius 3 is 2.32 bits per heavy atom. The lowest BCUT2D eigenvalue weighted by atomic mass is 10.3. The summed E-state index contributed by atoms with van der Waals surface area (Å²) in [6, 6.07) is 11.7. The molecule has 0 aromatic heterocycles. The first-order valence-corrected chi connectivity index (χ1v) is 6.60. The monoisotopic (exact) mass is 298 g/mol. The van der Waals surface area contributed by atoms with Crippen molar-refractivity contribution in [1.29, 1.82) is 0 Å². The van der Waals surface area contributed by atoms with Crippen LogP contribution in [0, 0.1) is 5.82 Å². The third-order valence-corrected chi connectivity index (χ3v) is 3.38. The van der Waals surface area contributed by atoms with Crippen LogP contribution >= 0.6 is 23.2 Å². The summed E-state index contributed by atoms with van der Waals surface area (Å²) in [5, 5.41) is 7.40. The zero-order valence-corrected chi connectivity index (χ0v) is 11.6. The van der Waals surface area contributed by atoms with E-state index in [4.69, 9.17) is 23.2 Å².